The van der Waals surface area contributed by atoms with E-state index in [1.54, 1.807) is 29.1 Å². The van der Waals surface area contributed by atoms with Crippen LogP contribution in [0.4, 0.5) is 0 Å². The normalized spacial score (nSPS) is 12.2. The molecule has 1 N–H and O–H groups in total. The van der Waals surface area contributed by atoms with Crippen LogP contribution in [0.15, 0.2) is 34.9 Å². The van der Waals surface area contributed by atoms with Crippen LogP contribution >= 0.6 is 27.5 Å². The molecule has 6 nitrogen and oxygen atoms in total. The average molecular weight is 528 g/mol. The summed E-state index contributed by atoms with van der Waals surface area (Å²) in [6, 6.07) is 7.17. The minimum atomic E-state index is -0.167. The van der Waals surface area contributed by atoms with Gasteiger partial charge < -0.3 is 15.0 Å². The first kappa shape index (κ1) is 26.7. The van der Waals surface area contributed by atoms with E-state index in [0.29, 0.717) is 16.5 Å². The molecule has 8 heteroatoms. The fourth-order valence-electron chi connectivity index (χ4n) is 3.48. The van der Waals surface area contributed by atoms with Gasteiger partial charge in [-0.05, 0) is 57.1 Å². The third-order valence-electron chi connectivity index (χ3n) is 5.18. The van der Waals surface area contributed by atoms with Gasteiger partial charge >= 0.3 is 0 Å². The van der Waals surface area contributed by atoms with E-state index in [-0.39, 0.29) is 18.7 Å². The van der Waals surface area contributed by atoms with Gasteiger partial charge in [-0.1, -0.05) is 67.1 Å². The molecular formula is C24H36BrClN4O2. The van der Waals surface area contributed by atoms with E-state index in [1.807, 2.05) is 6.07 Å². The topological polar surface area (TPSA) is 59.4 Å². The number of nitrogens with one attached hydrogen (secondary N) is 1. The van der Waals surface area contributed by atoms with Gasteiger partial charge in [-0.3, -0.25) is 4.79 Å². The molecular weight excluding hydrogens is 492 g/mol. The molecule has 0 aliphatic heterocycles. The fourth-order valence-corrected chi connectivity index (χ4v) is 4.21. The van der Waals surface area contributed by atoms with Crippen molar-refractivity contribution in [3.63, 3.8) is 0 Å². The van der Waals surface area contributed by atoms with Gasteiger partial charge in [0, 0.05) is 23.3 Å². The van der Waals surface area contributed by atoms with Gasteiger partial charge in [-0.25, -0.2) is 4.68 Å². The first-order chi connectivity index (χ1) is 15.4. The van der Waals surface area contributed by atoms with Gasteiger partial charge in [-0.2, -0.15) is 5.10 Å². The molecule has 0 fully saturated rings. The Morgan fingerprint density at radius 3 is 2.50 bits per heavy atom. The summed E-state index contributed by atoms with van der Waals surface area (Å²) in [6.45, 7) is 9.70. The lowest BCUT2D eigenvalue weighted by Gasteiger charge is -2.26. The lowest BCUT2D eigenvalue weighted by Crippen LogP contribution is -2.42. The standard InChI is InChI=1S/C24H36BrClN4O2/c1-4-6-8-13-29(14-9-7-5-2)17-19(3)27-24(31)22-12-15-30(28-22)18-32-23-11-10-20(25)16-21(23)26/h10-12,15-16,19H,4-9,13-14,17-18H2,1-3H3,(H,27,31). The van der Waals surface area contributed by atoms with E-state index >= 15 is 0 Å². The molecule has 0 saturated carbocycles. The van der Waals surface area contributed by atoms with Gasteiger partial charge in [0.25, 0.3) is 5.91 Å². The van der Waals surface area contributed by atoms with Crippen LogP contribution in [0.2, 0.25) is 5.02 Å². The Balaban J connectivity index is 1.84. The zero-order valence-electron chi connectivity index (χ0n) is 19.4. The van der Waals surface area contributed by atoms with Crippen molar-refractivity contribution in [3.05, 3.63) is 45.7 Å². The number of carbonyl (C=O) groups is 1. The number of carbonyl (C=O) groups excluding carboxylic acids is 1. The smallest absolute Gasteiger partial charge is 0.272 e. The fraction of sp³-hybridized carbons (Fsp3) is 0.583. The highest BCUT2D eigenvalue weighted by Gasteiger charge is 2.16. The predicted molar refractivity (Wildman–Crippen MR) is 134 cm³/mol. The number of hydrogen-bond donors (Lipinski definition) is 1. The van der Waals surface area contributed by atoms with Gasteiger partial charge in [0.15, 0.2) is 6.73 Å². The molecule has 1 unspecified atom stereocenters. The molecule has 0 saturated heterocycles. The van der Waals surface area contributed by atoms with Crippen LogP contribution in [0.25, 0.3) is 0 Å². The van der Waals surface area contributed by atoms with Crippen molar-refractivity contribution in [3.8, 4) is 5.75 Å². The van der Waals surface area contributed by atoms with Crippen molar-refractivity contribution < 1.29 is 9.53 Å². The van der Waals surface area contributed by atoms with Gasteiger partial charge in [-0.15, -0.1) is 0 Å². The maximum atomic E-state index is 12.7. The molecule has 32 heavy (non-hydrogen) atoms. The van der Waals surface area contributed by atoms with Crippen LogP contribution in [0.1, 0.15) is 69.8 Å². The maximum Gasteiger partial charge on any atom is 0.272 e. The first-order valence-electron chi connectivity index (χ1n) is 11.6. The molecule has 0 bridgehead atoms. The number of amides is 1. The third kappa shape index (κ3) is 9.51. The summed E-state index contributed by atoms with van der Waals surface area (Å²) < 4.78 is 8.18. The van der Waals surface area contributed by atoms with Gasteiger partial charge in [0.1, 0.15) is 11.4 Å². The number of benzene rings is 1. The average Bonchev–Trinajstić information content (AvgIpc) is 3.22. The first-order valence-corrected chi connectivity index (χ1v) is 12.7. The lowest BCUT2D eigenvalue weighted by atomic mass is 10.2. The molecule has 2 rings (SSSR count). The van der Waals surface area contributed by atoms with E-state index < -0.39 is 0 Å². The summed E-state index contributed by atoms with van der Waals surface area (Å²) in [5.74, 6) is 0.399. The maximum absolute atomic E-state index is 12.7. The lowest BCUT2D eigenvalue weighted by molar-refractivity contribution is 0.0921. The van der Waals surface area contributed by atoms with E-state index in [1.165, 1.54) is 38.5 Å². The third-order valence-corrected chi connectivity index (χ3v) is 5.97. The molecule has 0 aliphatic rings. The van der Waals surface area contributed by atoms with Crippen LogP contribution < -0.4 is 10.1 Å². The van der Waals surface area contributed by atoms with E-state index in [9.17, 15) is 4.79 Å². The molecule has 1 heterocycles. The van der Waals surface area contributed by atoms with Crippen molar-refractivity contribution >= 4 is 33.4 Å². The highest BCUT2D eigenvalue weighted by atomic mass is 79.9. The highest BCUT2D eigenvalue weighted by molar-refractivity contribution is 9.10. The molecule has 1 aromatic heterocycles. The monoisotopic (exact) mass is 526 g/mol. The summed E-state index contributed by atoms with van der Waals surface area (Å²) in [4.78, 5) is 15.1. The van der Waals surface area contributed by atoms with Crippen molar-refractivity contribution in [2.45, 2.75) is 72.1 Å². The number of nitrogens with zero attached hydrogens (tertiary/aromatic N) is 3. The van der Waals surface area contributed by atoms with Crippen LogP contribution in [0.3, 0.4) is 0 Å². The Morgan fingerprint density at radius 2 is 1.88 bits per heavy atom. The zero-order valence-corrected chi connectivity index (χ0v) is 21.8. The molecule has 0 spiro atoms. The molecule has 2 aromatic rings. The summed E-state index contributed by atoms with van der Waals surface area (Å²) in [6.07, 6.45) is 9.07. The van der Waals surface area contributed by atoms with Gasteiger partial charge in [0.2, 0.25) is 0 Å². The number of unbranched alkanes of at least 4 members (excludes halogenated alkanes) is 4. The van der Waals surface area contributed by atoms with Crippen molar-refractivity contribution in [1.82, 2.24) is 20.0 Å². The summed E-state index contributed by atoms with van der Waals surface area (Å²) in [7, 11) is 0. The van der Waals surface area contributed by atoms with E-state index in [4.69, 9.17) is 16.3 Å². The van der Waals surface area contributed by atoms with Crippen molar-refractivity contribution in [2.24, 2.45) is 0 Å². The Morgan fingerprint density at radius 1 is 1.19 bits per heavy atom. The van der Waals surface area contributed by atoms with Gasteiger partial charge in [0.05, 0.1) is 5.02 Å². The number of ether oxygens (including phenoxy) is 1. The Bertz CT molecular complexity index is 820. The van der Waals surface area contributed by atoms with E-state index in [0.717, 1.165) is 24.1 Å². The molecule has 0 radical (unpaired) electrons. The van der Waals surface area contributed by atoms with Crippen LogP contribution in [0.5, 0.6) is 5.75 Å². The molecule has 0 aliphatic carbocycles. The molecule has 1 amide bonds. The second-order valence-electron chi connectivity index (χ2n) is 8.18. The van der Waals surface area contributed by atoms with Crippen LogP contribution in [-0.4, -0.2) is 46.3 Å². The Hall–Kier alpha value is -1.57. The highest BCUT2D eigenvalue weighted by Crippen LogP contribution is 2.27. The van der Waals surface area contributed by atoms with Crippen LogP contribution in [-0.2, 0) is 6.73 Å². The second-order valence-corrected chi connectivity index (χ2v) is 9.50. The molecule has 1 aromatic carbocycles. The largest absolute Gasteiger partial charge is 0.470 e. The number of aromatic nitrogens is 2. The zero-order chi connectivity index (χ0) is 23.3. The summed E-state index contributed by atoms with van der Waals surface area (Å²) >= 11 is 9.55. The molecule has 1 atom stereocenters. The van der Waals surface area contributed by atoms with E-state index in [2.05, 4.69) is 52.0 Å². The minimum Gasteiger partial charge on any atom is -0.470 e. The summed E-state index contributed by atoms with van der Waals surface area (Å²) in [5, 5.41) is 7.94. The Labute approximate surface area is 205 Å². The summed E-state index contributed by atoms with van der Waals surface area (Å²) in [5.41, 5.74) is 0.380. The van der Waals surface area contributed by atoms with Crippen LogP contribution in [0, 0.1) is 0 Å². The van der Waals surface area contributed by atoms with Crippen molar-refractivity contribution in [2.75, 3.05) is 19.6 Å². The van der Waals surface area contributed by atoms with Crippen molar-refractivity contribution in [1.29, 1.82) is 0 Å². The minimum absolute atomic E-state index is 0.0497. The SMILES string of the molecule is CCCCCN(CCCCC)CC(C)NC(=O)c1ccn(COc2ccc(Br)cc2Cl)n1. The predicted octanol–water partition coefficient (Wildman–Crippen LogP) is 6.14. The quantitative estimate of drug-likeness (QED) is 0.283. The number of rotatable bonds is 15. The molecule has 178 valence electrons. The number of halogens is 2. The number of hydrogen-bond acceptors (Lipinski definition) is 4. The Kier molecular flexibility index (Phi) is 12.1. The second kappa shape index (κ2) is 14.6.